The van der Waals surface area contributed by atoms with Gasteiger partial charge >= 0.3 is 0 Å². The van der Waals surface area contributed by atoms with Crippen molar-refractivity contribution in [1.82, 2.24) is 10.2 Å². The van der Waals surface area contributed by atoms with Crippen LogP contribution < -0.4 is 5.32 Å². The van der Waals surface area contributed by atoms with Crippen LogP contribution in [0.3, 0.4) is 0 Å². The third-order valence-corrected chi connectivity index (χ3v) is 3.80. The average molecular weight is 249 g/mol. The molecule has 1 aromatic rings. The molecule has 1 aliphatic rings. The van der Waals surface area contributed by atoms with E-state index >= 15 is 0 Å². The molecule has 1 fully saturated rings. The van der Waals surface area contributed by atoms with Crippen LogP contribution >= 0.6 is 11.3 Å². The lowest BCUT2D eigenvalue weighted by molar-refractivity contribution is -0.129. The van der Waals surface area contributed by atoms with Crippen molar-refractivity contribution in [3.05, 3.63) is 21.9 Å². The first-order valence-electron chi connectivity index (χ1n) is 5.77. The van der Waals surface area contributed by atoms with E-state index in [1.54, 1.807) is 0 Å². The molecule has 5 heteroatoms. The molecule has 0 spiro atoms. The van der Waals surface area contributed by atoms with Crippen LogP contribution in [-0.4, -0.2) is 30.4 Å². The van der Waals surface area contributed by atoms with Crippen LogP contribution in [0.5, 0.6) is 0 Å². The molecule has 0 radical (unpaired) electrons. The Bertz CT molecular complexity index is 429. The summed E-state index contributed by atoms with van der Waals surface area (Å²) in [4.78, 5) is 15.4. The normalized spacial score (nSPS) is 14.9. The van der Waals surface area contributed by atoms with Gasteiger partial charge in [-0.15, -0.1) is 11.3 Å². The Hall–Kier alpha value is -1.38. The average Bonchev–Trinajstić information content (AvgIpc) is 3.00. The molecule has 0 atom stereocenters. The lowest BCUT2D eigenvalue weighted by Gasteiger charge is -2.15. The van der Waals surface area contributed by atoms with Crippen LogP contribution in [0, 0.1) is 11.3 Å². The van der Waals surface area contributed by atoms with Gasteiger partial charge in [0.2, 0.25) is 5.91 Å². The largest absolute Gasteiger partial charge is 0.342 e. The summed E-state index contributed by atoms with van der Waals surface area (Å²) < 4.78 is 0. The summed E-state index contributed by atoms with van der Waals surface area (Å²) in [5.74, 6) is 0.180. The highest BCUT2D eigenvalue weighted by Crippen LogP contribution is 2.14. The number of nitriles is 1. The number of carbonyl (C=O) groups excluding carboxylic acids is 1. The van der Waals surface area contributed by atoms with Gasteiger partial charge in [-0.05, 0) is 25.0 Å². The minimum atomic E-state index is 0.180. The minimum absolute atomic E-state index is 0.180. The first kappa shape index (κ1) is 12.1. The molecule has 2 rings (SSSR count). The highest BCUT2D eigenvalue weighted by atomic mass is 32.1. The summed E-state index contributed by atoms with van der Waals surface area (Å²) in [5.41, 5.74) is 0. The Morgan fingerprint density at radius 1 is 1.47 bits per heavy atom. The van der Waals surface area contributed by atoms with Gasteiger partial charge < -0.3 is 10.2 Å². The summed E-state index contributed by atoms with van der Waals surface area (Å²) >= 11 is 1.47. The first-order chi connectivity index (χ1) is 8.29. The van der Waals surface area contributed by atoms with Crippen LogP contribution in [0.2, 0.25) is 0 Å². The van der Waals surface area contributed by atoms with E-state index in [0.717, 1.165) is 30.8 Å². The van der Waals surface area contributed by atoms with Crippen LogP contribution in [0.25, 0.3) is 0 Å². The molecule has 0 aliphatic carbocycles. The van der Waals surface area contributed by atoms with Gasteiger partial charge in [-0.3, -0.25) is 4.79 Å². The summed E-state index contributed by atoms with van der Waals surface area (Å²) in [6, 6.07) is 5.84. The number of carbonyl (C=O) groups is 1. The molecule has 2 heterocycles. The molecule has 1 aliphatic heterocycles. The second-order valence-corrected chi connectivity index (χ2v) is 5.24. The molecule has 0 saturated carbocycles. The molecule has 1 amide bonds. The van der Waals surface area contributed by atoms with Gasteiger partial charge in [0, 0.05) is 24.5 Å². The van der Waals surface area contributed by atoms with Crippen molar-refractivity contribution in [3.8, 4) is 6.07 Å². The molecule has 1 aromatic heterocycles. The summed E-state index contributed by atoms with van der Waals surface area (Å²) in [7, 11) is 0. The molecule has 0 unspecified atom stereocenters. The Labute approximate surface area is 105 Å². The Kier molecular flexibility index (Phi) is 4.13. The lowest BCUT2D eigenvalue weighted by Crippen LogP contribution is -2.35. The maximum absolute atomic E-state index is 11.7. The number of hydrogen-bond donors (Lipinski definition) is 1. The number of thiophene rings is 1. The molecule has 90 valence electrons. The van der Waals surface area contributed by atoms with E-state index in [9.17, 15) is 4.79 Å². The van der Waals surface area contributed by atoms with E-state index in [1.165, 1.54) is 11.3 Å². The van der Waals surface area contributed by atoms with Crippen molar-refractivity contribution in [2.24, 2.45) is 0 Å². The van der Waals surface area contributed by atoms with Gasteiger partial charge in [0.15, 0.2) is 0 Å². The molecular weight excluding hydrogens is 234 g/mol. The van der Waals surface area contributed by atoms with E-state index in [-0.39, 0.29) is 5.91 Å². The van der Waals surface area contributed by atoms with Gasteiger partial charge in [-0.2, -0.15) is 5.26 Å². The third-order valence-electron chi connectivity index (χ3n) is 2.81. The lowest BCUT2D eigenvalue weighted by atomic mass is 10.4. The minimum Gasteiger partial charge on any atom is -0.342 e. The second-order valence-electron chi connectivity index (χ2n) is 4.07. The maximum Gasteiger partial charge on any atom is 0.236 e. The maximum atomic E-state index is 11.7. The molecular formula is C12H15N3OS. The number of rotatable bonds is 4. The quantitative estimate of drug-likeness (QED) is 0.876. The first-order valence-corrected chi connectivity index (χ1v) is 6.58. The molecule has 0 aromatic carbocycles. The van der Waals surface area contributed by atoms with E-state index in [2.05, 4.69) is 11.4 Å². The van der Waals surface area contributed by atoms with Crippen molar-refractivity contribution < 1.29 is 4.79 Å². The van der Waals surface area contributed by atoms with Crippen molar-refractivity contribution >= 4 is 17.2 Å². The van der Waals surface area contributed by atoms with E-state index in [1.807, 2.05) is 17.0 Å². The van der Waals surface area contributed by atoms with Crippen molar-refractivity contribution in [2.45, 2.75) is 19.4 Å². The molecule has 17 heavy (non-hydrogen) atoms. The molecule has 0 bridgehead atoms. The zero-order valence-electron chi connectivity index (χ0n) is 9.61. The third kappa shape index (κ3) is 3.29. The van der Waals surface area contributed by atoms with Crippen LogP contribution in [0.1, 0.15) is 22.6 Å². The zero-order chi connectivity index (χ0) is 12.1. The summed E-state index contributed by atoms with van der Waals surface area (Å²) in [5, 5.41) is 11.8. The fourth-order valence-corrected chi connectivity index (χ4v) is 2.68. The SMILES string of the molecule is N#Cc1ccc(CNCC(=O)N2CCCC2)s1. The summed E-state index contributed by atoms with van der Waals surface area (Å²) in [6.07, 6.45) is 2.25. The number of likely N-dealkylation sites (tertiary alicyclic amines) is 1. The Morgan fingerprint density at radius 2 is 2.24 bits per heavy atom. The molecule has 1 N–H and O–H groups in total. The highest BCUT2D eigenvalue weighted by Gasteiger charge is 2.16. The second kappa shape index (κ2) is 5.80. The number of hydrogen-bond acceptors (Lipinski definition) is 4. The van der Waals surface area contributed by atoms with Gasteiger partial charge in [0.25, 0.3) is 0 Å². The number of nitrogens with zero attached hydrogens (tertiary/aromatic N) is 2. The fourth-order valence-electron chi connectivity index (χ4n) is 1.90. The molecule has 1 saturated heterocycles. The topological polar surface area (TPSA) is 56.1 Å². The van der Waals surface area contributed by atoms with Gasteiger partial charge in [-0.1, -0.05) is 0 Å². The van der Waals surface area contributed by atoms with Gasteiger partial charge in [0.05, 0.1) is 6.54 Å². The van der Waals surface area contributed by atoms with Crippen LogP contribution in [0.4, 0.5) is 0 Å². The number of nitrogens with one attached hydrogen (secondary N) is 1. The van der Waals surface area contributed by atoms with Crippen molar-refractivity contribution in [3.63, 3.8) is 0 Å². The predicted octanol–water partition coefficient (Wildman–Crippen LogP) is 1.33. The van der Waals surface area contributed by atoms with Gasteiger partial charge in [0.1, 0.15) is 10.9 Å². The predicted molar refractivity (Wildman–Crippen MR) is 66.6 cm³/mol. The Morgan fingerprint density at radius 3 is 2.88 bits per heavy atom. The fraction of sp³-hybridized carbons (Fsp3) is 0.500. The number of amides is 1. The monoisotopic (exact) mass is 249 g/mol. The van der Waals surface area contributed by atoms with E-state index < -0.39 is 0 Å². The highest BCUT2D eigenvalue weighted by molar-refractivity contribution is 7.12. The van der Waals surface area contributed by atoms with Crippen molar-refractivity contribution in [2.75, 3.05) is 19.6 Å². The van der Waals surface area contributed by atoms with Crippen molar-refractivity contribution in [1.29, 1.82) is 5.26 Å². The van der Waals surface area contributed by atoms with E-state index in [4.69, 9.17) is 5.26 Å². The smallest absolute Gasteiger partial charge is 0.236 e. The van der Waals surface area contributed by atoms with Crippen LogP contribution in [-0.2, 0) is 11.3 Å². The van der Waals surface area contributed by atoms with E-state index in [0.29, 0.717) is 18.0 Å². The molecule has 4 nitrogen and oxygen atoms in total. The Balaban J connectivity index is 1.72. The zero-order valence-corrected chi connectivity index (χ0v) is 10.4. The summed E-state index contributed by atoms with van der Waals surface area (Å²) in [6.45, 7) is 2.85. The van der Waals surface area contributed by atoms with Gasteiger partial charge in [-0.25, -0.2) is 0 Å². The van der Waals surface area contributed by atoms with Crippen LogP contribution in [0.15, 0.2) is 12.1 Å². The standard InChI is InChI=1S/C12H15N3OS/c13-7-10-3-4-11(17-10)8-14-9-12(16)15-5-1-2-6-15/h3-4,14H,1-2,5-6,8-9H2.